The van der Waals surface area contributed by atoms with E-state index in [4.69, 9.17) is 0 Å². The van der Waals surface area contributed by atoms with Crippen LogP contribution in [-0.4, -0.2) is 15.3 Å². The number of imidazole rings is 1. The number of amides is 1. The van der Waals surface area contributed by atoms with Gasteiger partial charge in [0.25, 0.3) is 5.91 Å². The van der Waals surface area contributed by atoms with Crippen molar-refractivity contribution in [1.29, 1.82) is 5.26 Å². The van der Waals surface area contributed by atoms with E-state index in [1.165, 1.54) is 6.08 Å². The maximum atomic E-state index is 12.3. The van der Waals surface area contributed by atoms with E-state index in [1.807, 2.05) is 43.5 Å². The predicted octanol–water partition coefficient (Wildman–Crippen LogP) is 3.95. The Kier molecular flexibility index (Phi) is 4.45. The number of hydrogen-bond acceptors (Lipinski definition) is 3. The second-order valence-corrected chi connectivity index (χ2v) is 6.16. The highest BCUT2D eigenvalue weighted by Gasteiger charge is 2.11. The Morgan fingerprint density at radius 3 is 2.75 bits per heavy atom. The summed E-state index contributed by atoms with van der Waals surface area (Å²) in [4.78, 5) is 16.6. The standard InChI is InChI=1S/C18H13BrN4O/c1-12-2-5-15(6-3-12)22-18(24)13(9-20)8-16-10-21-17-7-4-14(19)11-23(16)17/h2-8,10-11H,1H3,(H,22,24). The van der Waals surface area contributed by atoms with Crippen molar-refractivity contribution >= 4 is 39.2 Å². The van der Waals surface area contributed by atoms with E-state index < -0.39 is 5.91 Å². The molecule has 0 bridgehead atoms. The van der Waals surface area contributed by atoms with Gasteiger partial charge in [0, 0.05) is 16.4 Å². The molecule has 0 fully saturated rings. The van der Waals surface area contributed by atoms with Gasteiger partial charge in [0.15, 0.2) is 0 Å². The van der Waals surface area contributed by atoms with Gasteiger partial charge in [-0.15, -0.1) is 0 Å². The molecule has 0 saturated heterocycles. The van der Waals surface area contributed by atoms with Gasteiger partial charge >= 0.3 is 0 Å². The summed E-state index contributed by atoms with van der Waals surface area (Å²) in [5.41, 5.74) is 3.15. The third-order valence-electron chi connectivity index (χ3n) is 3.46. The van der Waals surface area contributed by atoms with Crippen molar-refractivity contribution in [2.45, 2.75) is 6.92 Å². The molecule has 0 atom stereocenters. The Labute approximate surface area is 147 Å². The van der Waals surface area contributed by atoms with Crippen LogP contribution >= 0.6 is 15.9 Å². The van der Waals surface area contributed by atoms with Gasteiger partial charge in [-0.05, 0) is 53.2 Å². The summed E-state index contributed by atoms with van der Waals surface area (Å²) in [6.07, 6.45) is 4.98. The Hall–Kier alpha value is -2.91. The van der Waals surface area contributed by atoms with Crippen molar-refractivity contribution in [3.63, 3.8) is 0 Å². The van der Waals surface area contributed by atoms with Crippen LogP contribution in [0.3, 0.4) is 0 Å². The van der Waals surface area contributed by atoms with E-state index in [9.17, 15) is 10.1 Å². The fourth-order valence-electron chi connectivity index (χ4n) is 2.21. The normalized spacial score (nSPS) is 11.3. The number of fused-ring (bicyclic) bond motifs is 1. The Bertz CT molecular complexity index is 980. The molecule has 3 rings (SSSR count). The number of benzene rings is 1. The molecule has 24 heavy (non-hydrogen) atoms. The molecule has 118 valence electrons. The number of aryl methyl sites for hydroxylation is 1. The molecule has 3 aromatic rings. The highest BCUT2D eigenvalue weighted by molar-refractivity contribution is 9.10. The van der Waals surface area contributed by atoms with Crippen molar-refractivity contribution in [2.75, 3.05) is 5.32 Å². The molecular formula is C18H13BrN4O. The lowest BCUT2D eigenvalue weighted by Crippen LogP contribution is -2.13. The number of nitriles is 1. The van der Waals surface area contributed by atoms with Gasteiger partial charge in [-0.25, -0.2) is 4.98 Å². The van der Waals surface area contributed by atoms with Crippen molar-refractivity contribution in [3.05, 3.63) is 70.1 Å². The Balaban J connectivity index is 1.90. The Morgan fingerprint density at radius 1 is 1.29 bits per heavy atom. The quantitative estimate of drug-likeness (QED) is 0.552. The molecule has 0 saturated carbocycles. The number of hydrogen-bond donors (Lipinski definition) is 1. The molecule has 2 heterocycles. The minimum Gasteiger partial charge on any atom is -0.321 e. The zero-order valence-corrected chi connectivity index (χ0v) is 14.4. The number of carbonyl (C=O) groups is 1. The molecule has 1 N–H and O–H groups in total. The second kappa shape index (κ2) is 6.69. The number of pyridine rings is 1. The van der Waals surface area contributed by atoms with Crippen molar-refractivity contribution in [2.24, 2.45) is 0 Å². The Morgan fingerprint density at radius 2 is 2.04 bits per heavy atom. The zero-order chi connectivity index (χ0) is 17.1. The molecule has 1 amide bonds. The largest absolute Gasteiger partial charge is 0.321 e. The molecule has 0 unspecified atom stereocenters. The molecule has 0 radical (unpaired) electrons. The van der Waals surface area contributed by atoms with Crippen LogP contribution in [0.5, 0.6) is 0 Å². The SMILES string of the molecule is Cc1ccc(NC(=O)C(C#N)=Cc2cnc3ccc(Br)cn23)cc1. The second-order valence-electron chi connectivity index (χ2n) is 5.25. The predicted molar refractivity (Wildman–Crippen MR) is 96.3 cm³/mol. The van der Waals surface area contributed by atoms with Gasteiger partial charge in [0.1, 0.15) is 17.3 Å². The van der Waals surface area contributed by atoms with Crippen LogP contribution in [0, 0.1) is 18.3 Å². The van der Waals surface area contributed by atoms with Crippen molar-refractivity contribution < 1.29 is 4.79 Å². The zero-order valence-electron chi connectivity index (χ0n) is 12.8. The summed E-state index contributed by atoms with van der Waals surface area (Å²) in [6.45, 7) is 1.97. The summed E-state index contributed by atoms with van der Waals surface area (Å²) in [6, 6.07) is 13.1. The minimum atomic E-state index is -0.453. The maximum absolute atomic E-state index is 12.3. The van der Waals surface area contributed by atoms with Gasteiger partial charge in [-0.1, -0.05) is 17.7 Å². The van der Waals surface area contributed by atoms with Gasteiger partial charge in [-0.2, -0.15) is 5.26 Å². The van der Waals surface area contributed by atoms with Crippen LogP contribution in [0.4, 0.5) is 5.69 Å². The number of nitrogens with one attached hydrogen (secondary N) is 1. The maximum Gasteiger partial charge on any atom is 0.266 e. The summed E-state index contributed by atoms with van der Waals surface area (Å²) in [5.74, 6) is -0.453. The van der Waals surface area contributed by atoms with Gasteiger partial charge in [0.05, 0.1) is 11.9 Å². The van der Waals surface area contributed by atoms with E-state index in [1.54, 1.807) is 22.7 Å². The molecule has 2 aromatic heterocycles. The summed E-state index contributed by atoms with van der Waals surface area (Å²) in [5, 5.41) is 12.0. The molecule has 1 aromatic carbocycles. The van der Waals surface area contributed by atoms with Crippen molar-refractivity contribution in [3.8, 4) is 6.07 Å². The van der Waals surface area contributed by atoms with Crippen LogP contribution in [0.15, 0.2) is 58.8 Å². The highest BCUT2D eigenvalue weighted by Crippen LogP contribution is 2.16. The van der Waals surface area contributed by atoms with E-state index in [0.29, 0.717) is 11.4 Å². The van der Waals surface area contributed by atoms with E-state index >= 15 is 0 Å². The third-order valence-corrected chi connectivity index (χ3v) is 3.93. The van der Waals surface area contributed by atoms with E-state index in [-0.39, 0.29) is 5.57 Å². The van der Waals surface area contributed by atoms with E-state index in [2.05, 4.69) is 26.2 Å². The summed E-state index contributed by atoms with van der Waals surface area (Å²) in [7, 11) is 0. The first-order valence-corrected chi connectivity index (χ1v) is 7.98. The first-order chi connectivity index (χ1) is 11.6. The van der Waals surface area contributed by atoms with Crippen LogP contribution in [0.1, 0.15) is 11.3 Å². The summed E-state index contributed by atoms with van der Waals surface area (Å²) >= 11 is 3.40. The minimum absolute atomic E-state index is 0.0114. The van der Waals surface area contributed by atoms with Gasteiger partial charge in [0.2, 0.25) is 0 Å². The first-order valence-electron chi connectivity index (χ1n) is 7.19. The first kappa shape index (κ1) is 16.0. The molecule has 0 spiro atoms. The fourth-order valence-corrected chi connectivity index (χ4v) is 2.55. The number of anilines is 1. The van der Waals surface area contributed by atoms with Gasteiger partial charge < -0.3 is 5.32 Å². The highest BCUT2D eigenvalue weighted by atomic mass is 79.9. The number of aromatic nitrogens is 2. The molecular weight excluding hydrogens is 368 g/mol. The number of rotatable bonds is 3. The molecule has 6 heteroatoms. The number of halogens is 1. The lowest BCUT2D eigenvalue weighted by Gasteiger charge is -2.04. The fraction of sp³-hybridized carbons (Fsp3) is 0.0556. The molecule has 0 aliphatic rings. The molecule has 0 aliphatic carbocycles. The summed E-state index contributed by atoms with van der Waals surface area (Å²) < 4.78 is 2.69. The average molecular weight is 381 g/mol. The van der Waals surface area contributed by atoms with Crippen LogP contribution in [0.2, 0.25) is 0 Å². The topological polar surface area (TPSA) is 70.2 Å². The van der Waals surface area contributed by atoms with Gasteiger partial charge in [-0.3, -0.25) is 9.20 Å². The van der Waals surface area contributed by atoms with Crippen LogP contribution < -0.4 is 5.32 Å². The van der Waals surface area contributed by atoms with Crippen molar-refractivity contribution in [1.82, 2.24) is 9.38 Å². The van der Waals surface area contributed by atoms with Crippen LogP contribution in [-0.2, 0) is 4.79 Å². The third kappa shape index (κ3) is 3.36. The van der Waals surface area contributed by atoms with E-state index in [0.717, 1.165) is 15.7 Å². The number of nitrogens with zero attached hydrogens (tertiary/aromatic N) is 3. The lowest BCUT2D eigenvalue weighted by molar-refractivity contribution is -0.112. The monoisotopic (exact) mass is 380 g/mol. The average Bonchev–Trinajstić information content (AvgIpc) is 2.96. The van der Waals surface area contributed by atoms with Crippen LogP contribution in [0.25, 0.3) is 11.7 Å². The smallest absolute Gasteiger partial charge is 0.266 e. The molecule has 0 aliphatic heterocycles. The number of carbonyl (C=O) groups excluding carboxylic acids is 1. The lowest BCUT2D eigenvalue weighted by atomic mass is 10.2. The molecule has 5 nitrogen and oxygen atoms in total.